The third kappa shape index (κ3) is 8.86. The van der Waals surface area contributed by atoms with Crippen LogP contribution in [0.5, 0.6) is 0 Å². The van der Waals surface area contributed by atoms with Crippen molar-refractivity contribution in [2.45, 2.75) is 13.8 Å². The molecule has 0 aliphatic rings. The highest BCUT2D eigenvalue weighted by Crippen LogP contribution is 2.03. The second-order valence-electron chi connectivity index (χ2n) is 2.55. The van der Waals surface area contributed by atoms with Gasteiger partial charge in [0.15, 0.2) is 0 Å². The van der Waals surface area contributed by atoms with Gasteiger partial charge in [0.25, 0.3) is 0 Å². The van der Waals surface area contributed by atoms with E-state index >= 15 is 0 Å². The van der Waals surface area contributed by atoms with Crippen LogP contribution in [0.15, 0.2) is 0 Å². The molecule has 0 aromatic heterocycles. The maximum absolute atomic E-state index is 4.91. The molecule has 0 saturated carbocycles. The van der Waals surface area contributed by atoms with Crippen molar-refractivity contribution < 1.29 is 4.28 Å². The standard InChI is InChI=1S/C7H19N3OS.H2S/c1-4-10(5-2)7-6-9(3)12-11-8;/h4-8H2,1-3H3;1H2. The summed E-state index contributed by atoms with van der Waals surface area (Å²) in [5, 5.41) is 0. The molecule has 0 saturated heterocycles. The van der Waals surface area contributed by atoms with E-state index < -0.39 is 0 Å². The molecular weight excluding hydrogens is 206 g/mol. The molecule has 0 aliphatic heterocycles. The van der Waals surface area contributed by atoms with Gasteiger partial charge >= 0.3 is 0 Å². The van der Waals surface area contributed by atoms with Crippen molar-refractivity contribution in [1.29, 1.82) is 0 Å². The van der Waals surface area contributed by atoms with Gasteiger partial charge in [-0.2, -0.15) is 13.5 Å². The van der Waals surface area contributed by atoms with Crippen LogP contribution in [0.4, 0.5) is 0 Å². The van der Waals surface area contributed by atoms with Crippen molar-refractivity contribution in [2.24, 2.45) is 5.90 Å². The second-order valence-corrected chi connectivity index (χ2v) is 3.51. The zero-order valence-corrected chi connectivity index (χ0v) is 10.4. The maximum Gasteiger partial charge on any atom is 0.104 e. The number of likely N-dealkylation sites (N-methyl/N-ethyl adjacent to an activating group) is 2. The predicted molar refractivity (Wildman–Crippen MR) is 63.7 cm³/mol. The summed E-state index contributed by atoms with van der Waals surface area (Å²) >= 11 is 1.18. The van der Waals surface area contributed by atoms with E-state index in [0.29, 0.717) is 0 Å². The molecule has 0 radical (unpaired) electrons. The first-order chi connectivity index (χ1) is 5.74. The lowest BCUT2D eigenvalue weighted by Gasteiger charge is -2.20. The Morgan fingerprint density at radius 1 is 1.23 bits per heavy atom. The van der Waals surface area contributed by atoms with Crippen molar-refractivity contribution in [3.63, 3.8) is 0 Å². The molecule has 0 fully saturated rings. The molecule has 0 spiro atoms. The zero-order chi connectivity index (χ0) is 9.40. The van der Waals surface area contributed by atoms with E-state index in [9.17, 15) is 0 Å². The SMILES string of the molecule is CCN(CC)CCN(C)SON.S. The summed E-state index contributed by atoms with van der Waals surface area (Å²) < 4.78 is 6.40. The third-order valence-corrected chi connectivity index (χ3v) is 2.32. The molecule has 0 aromatic rings. The van der Waals surface area contributed by atoms with Crippen LogP contribution in [0.3, 0.4) is 0 Å². The van der Waals surface area contributed by atoms with Crippen LogP contribution in [0.2, 0.25) is 0 Å². The fourth-order valence-electron chi connectivity index (χ4n) is 0.933. The number of hydrogen-bond donors (Lipinski definition) is 1. The van der Waals surface area contributed by atoms with Crippen LogP contribution >= 0.6 is 25.7 Å². The van der Waals surface area contributed by atoms with Crippen molar-refractivity contribution in [3.8, 4) is 0 Å². The molecule has 0 bridgehead atoms. The summed E-state index contributed by atoms with van der Waals surface area (Å²) in [6, 6.07) is 0. The molecule has 6 heteroatoms. The maximum atomic E-state index is 4.91. The first kappa shape index (κ1) is 16.0. The Morgan fingerprint density at radius 2 is 1.77 bits per heavy atom. The quantitative estimate of drug-likeness (QED) is 0.396. The minimum atomic E-state index is 0. The fourth-order valence-corrected chi connectivity index (χ4v) is 1.24. The van der Waals surface area contributed by atoms with Gasteiger partial charge in [-0.3, -0.25) is 0 Å². The average molecular weight is 227 g/mol. The van der Waals surface area contributed by atoms with Crippen molar-refractivity contribution >= 4 is 25.7 Å². The highest BCUT2D eigenvalue weighted by molar-refractivity contribution is 7.92. The normalized spacial score (nSPS) is 10.6. The van der Waals surface area contributed by atoms with E-state index in [-0.39, 0.29) is 13.5 Å². The van der Waals surface area contributed by atoms with Crippen LogP contribution in [0.25, 0.3) is 0 Å². The second kappa shape index (κ2) is 10.6. The van der Waals surface area contributed by atoms with E-state index in [2.05, 4.69) is 23.0 Å². The number of hydrogen-bond acceptors (Lipinski definition) is 5. The van der Waals surface area contributed by atoms with Gasteiger partial charge in [-0.25, -0.2) is 14.5 Å². The highest BCUT2D eigenvalue weighted by Gasteiger charge is 2.02. The van der Waals surface area contributed by atoms with E-state index in [1.54, 1.807) is 0 Å². The summed E-state index contributed by atoms with van der Waals surface area (Å²) in [5.74, 6) is 4.91. The summed E-state index contributed by atoms with van der Waals surface area (Å²) in [7, 11) is 1.96. The predicted octanol–water partition coefficient (Wildman–Crippen LogP) is 0.826. The lowest BCUT2D eigenvalue weighted by molar-refractivity contribution is 0.279. The Kier molecular flexibility index (Phi) is 13.1. The molecule has 0 atom stereocenters. The van der Waals surface area contributed by atoms with Crippen LogP contribution in [0.1, 0.15) is 13.8 Å². The van der Waals surface area contributed by atoms with Gasteiger partial charge in [0.2, 0.25) is 0 Å². The van der Waals surface area contributed by atoms with E-state index in [1.807, 2.05) is 11.4 Å². The van der Waals surface area contributed by atoms with Crippen LogP contribution in [-0.2, 0) is 4.28 Å². The Morgan fingerprint density at radius 3 is 2.15 bits per heavy atom. The van der Waals surface area contributed by atoms with Gasteiger partial charge in [-0.05, 0) is 20.1 Å². The summed E-state index contributed by atoms with van der Waals surface area (Å²) in [4.78, 5) is 2.35. The zero-order valence-electron chi connectivity index (χ0n) is 8.62. The van der Waals surface area contributed by atoms with Crippen LogP contribution in [-0.4, -0.2) is 42.4 Å². The molecule has 0 heterocycles. The summed E-state index contributed by atoms with van der Waals surface area (Å²) in [6.45, 7) is 8.53. The van der Waals surface area contributed by atoms with Gasteiger partial charge in [-0.15, -0.1) is 0 Å². The Bertz CT molecular complexity index is 104. The minimum absolute atomic E-state index is 0. The fraction of sp³-hybridized carbons (Fsp3) is 1.00. The molecule has 2 N–H and O–H groups in total. The van der Waals surface area contributed by atoms with Gasteiger partial charge in [0.05, 0.1) is 0 Å². The first-order valence-electron chi connectivity index (χ1n) is 4.21. The van der Waals surface area contributed by atoms with Crippen molar-refractivity contribution in [1.82, 2.24) is 9.21 Å². The number of nitrogens with two attached hydrogens (primary N) is 1. The minimum Gasteiger partial charge on any atom is -0.303 e. The molecule has 0 unspecified atom stereocenters. The van der Waals surface area contributed by atoms with Gasteiger partial charge in [0, 0.05) is 13.1 Å². The van der Waals surface area contributed by atoms with E-state index in [4.69, 9.17) is 5.90 Å². The lowest BCUT2D eigenvalue weighted by Crippen LogP contribution is -2.30. The third-order valence-electron chi connectivity index (χ3n) is 1.80. The van der Waals surface area contributed by atoms with Crippen molar-refractivity contribution in [3.05, 3.63) is 0 Å². The Hall–Kier alpha value is 0.540. The Labute approximate surface area is 92.5 Å². The largest absolute Gasteiger partial charge is 0.303 e. The van der Waals surface area contributed by atoms with E-state index in [1.165, 1.54) is 12.2 Å². The first-order valence-corrected chi connectivity index (χ1v) is 4.91. The molecule has 0 aromatic carbocycles. The lowest BCUT2D eigenvalue weighted by atomic mass is 10.5. The van der Waals surface area contributed by atoms with Crippen LogP contribution < -0.4 is 5.90 Å². The van der Waals surface area contributed by atoms with Crippen molar-refractivity contribution in [2.75, 3.05) is 33.2 Å². The van der Waals surface area contributed by atoms with E-state index in [0.717, 1.165) is 26.2 Å². The summed E-state index contributed by atoms with van der Waals surface area (Å²) in [6.07, 6.45) is 0. The molecule has 13 heavy (non-hydrogen) atoms. The number of rotatable bonds is 7. The number of nitrogens with zero attached hydrogens (tertiary/aromatic N) is 2. The monoisotopic (exact) mass is 227 g/mol. The van der Waals surface area contributed by atoms with Gasteiger partial charge < -0.3 is 4.90 Å². The summed E-state index contributed by atoms with van der Waals surface area (Å²) in [5.41, 5.74) is 0. The van der Waals surface area contributed by atoms with Gasteiger partial charge in [0.1, 0.15) is 12.2 Å². The molecule has 0 amide bonds. The Balaban J connectivity index is 0. The van der Waals surface area contributed by atoms with Gasteiger partial charge in [-0.1, -0.05) is 13.8 Å². The smallest absolute Gasteiger partial charge is 0.104 e. The highest BCUT2D eigenvalue weighted by atomic mass is 32.2. The molecule has 0 aliphatic carbocycles. The molecule has 0 rings (SSSR count). The molecule has 82 valence electrons. The topological polar surface area (TPSA) is 41.7 Å². The molecule has 4 nitrogen and oxygen atoms in total. The average Bonchev–Trinajstić information content (AvgIpc) is 2.07. The molecular formula is C7H21N3OS2. The van der Waals surface area contributed by atoms with Crippen LogP contribution in [0, 0.1) is 0 Å².